The van der Waals surface area contributed by atoms with E-state index >= 15 is 0 Å². The zero-order chi connectivity index (χ0) is 19.1. The van der Waals surface area contributed by atoms with Gasteiger partial charge in [-0.3, -0.25) is 9.78 Å². The van der Waals surface area contributed by atoms with Crippen molar-refractivity contribution in [1.29, 1.82) is 0 Å². The smallest absolute Gasteiger partial charge is 0.259 e. The van der Waals surface area contributed by atoms with Gasteiger partial charge in [-0.2, -0.15) is 0 Å². The van der Waals surface area contributed by atoms with E-state index in [0.29, 0.717) is 22.7 Å². The molecular weight excluding hydrogens is 340 g/mol. The molecular formula is C22H20N2O3. The number of carbonyl (C=O) groups is 1. The van der Waals surface area contributed by atoms with E-state index in [2.05, 4.69) is 10.3 Å². The first kappa shape index (κ1) is 18.2. The predicted molar refractivity (Wildman–Crippen MR) is 107 cm³/mol. The lowest BCUT2D eigenvalue weighted by molar-refractivity contribution is 0.102. The summed E-state index contributed by atoms with van der Waals surface area (Å²) in [6.07, 6.45) is 5.62. The summed E-state index contributed by atoms with van der Waals surface area (Å²) in [4.78, 5) is 16.9. The molecule has 0 atom stereocenters. The molecule has 2 aromatic carbocycles. The van der Waals surface area contributed by atoms with E-state index in [1.807, 2.05) is 54.6 Å². The number of pyridine rings is 1. The Balaban J connectivity index is 1.78. The van der Waals surface area contributed by atoms with Crippen molar-refractivity contribution in [3.8, 4) is 11.5 Å². The van der Waals surface area contributed by atoms with Crippen LogP contribution in [0.4, 0.5) is 5.69 Å². The standard InChI is InChI=1S/C22H20N2O3/c1-26-19-11-12-21(27-2)20(15-19)22(25)24-18-8-5-6-16(14-18)9-10-17-7-3-4-13-23-17/h3-15H,1-2H3,(H,24,25). The molecule has 0 radical (unpaired) electrons. The molecule has 0 fully saturated rings. The van der Waals surface area contributed by atoms with Gasteiger partial charge in [0.2, 0.25) is 0 Å². The first-order valence-electron chi connectivity index (χ1n) is 8.42. The zero-order valence-electron chi connectivity index (χ0n) is 15.2. The van der Waals surface area contributed by atoms with Crippen molar-refractivity contribution in [1.82, 2.24) is 4.98 Å². The third-order valence-corrected chi connectivity index (χ3v) is 3.93. The lowest BCUT2D eigenvalue weighted by Crippen LogP contribution is -2.13. The minimum Gasteiger partial charge on any atom is -0.497 e. The Kier molecular flexibility index (Phi) is 5.84. The van der Waals surface area contributed by atoms with E-state index in [9.17, 15) is 4.79 Å². The van der Waals surface area contributed by atoms with Gasteiger partial charge in [-0.05, 0) is 54.1 Å². The topological polar surface area (TPSA) is 60.5 Å². The number of anilines is 1. The molecule has 0 aliphatic heterocycles. The van der Waals surface area contributed by atoms with E-state index in [-0.39, 0.29) is 5.91 Å². The van der Waals surface area contributed by atoms with Gasteiger partial charge in [-0.15, -0.1) is 0 Å². The number of nitrogens with one attached hydrogen (secondary N) is 1. The molecule has 0 aliphatic carbocycles. The highest BCUT2D eigenvalue weighted by Gasteiger charge is 2.14. The summed E-state index contributed by atoms with van der Waals surface area (Å²) >= 11 is 0. The Morgan fingerprint density at radius 3 is 2.59 bits per heavy atom. The van der Waals surface area contributed by atoms with Gasteiger partial charge < -0.3 is 14.8 Å². The van der Waals surface area contributed by atoms with Crippen LogP contribution in [0, 0.1) is 0 Å². The van der Waals surface area contributed by atoms with Gasteiger partial charge in [-0.25, -0.2) is 0 Å². The number of nitrogens with zero attached hydrogens (tertiary/aromatic N) is 1. The van der Waals surface area contributed by atoms with Gasteiger partial charge in [0.15, 0.2) is 0 Å². The van der Waals surface area contributed by atoms with Crippen LogP contribution in [0.3, 0.4) is 0 Å². The molecule has 0 saturated heterocycles. The summed E-state index contributed by atoms with van der Waals surface area (Å²) in [7, 11) is 3.09. The molecule has 3 rings (SSSR count). The summed E-state index contributed by atoms with van der Waals surface area (Å²) in [6, 6.07) is 18.4. The Bertz CT molecular complexity index is 953. The largest absolute Gasteiger partial charge is 0.497 e. The number of hydrogen-bond acceptors (Lipinski definition) is 4. The van der Waals surface area contributed by atoms with Crippen LogP contribution in [0.15, 0.2) is 66.9 Å². The maximum Gasteiger partial charge on any atom is 0.259 e. The van der Waals surface area contributed by atoms with Crippen LogP contribution in [-0.2, 0) is 0 Å². The van der Waals surface area contributed by atoms with Crippen molar-refractivity contribution in [3.05, 3.63) is 83.7 Å². The molecule has 0 saturated carbocycles. The first-order chi connectivity index (χ1) is 13.2. The van der Waals surface area contributed by atoms with Crippen molar-refractivity contribution in [2.45, 2.75) is 0 Å². The van der Waals surface area contributed by atoms with Gasteiger partial charge in [0.25, 0.3) is 5.91 Å². The third-order valence-electron chi connectivity index (χ3n) is 3.93. The lowest BCUT2D eigenvalue weighted by atomic mass is 10.1. The SMILES string of the molecule is COc1ccc(OC)c(C(=O)Nc2cccc(C=Cc3ccccn3)c2)c1. The van der Waals surface area contributed by atoms with Crippen LogP contribution in [0.25, 0.3) is 12.2 Å². The second kappa shape index (κ2) is 8.67. The van der Waals surface area contributed by atoms with Crippen LogP contribution < -0.4 is 14.8 Å². The van der Waals surface area contributed by atoms with Gasteiger partial charge in [0.05, 0.1) is 25.5 Å². The van der Waals surface area contributed by atoms with Crippen LogP contribution in [0.2, 0.25) is 0 Å². The number of ether oxygens (including phenoxy) is 2. The van der Waals surface area contributed by atoms with Crippen LogP contribution in [0.1, 0.15) is 21.6 Å². The molecule has 5 nitrogen and oxygen atoms in total. The van der Waals surface area contributed by atoms with E-state index in [1.54, 1.807) is 31.5 Å². The van der Waals surface area contributed by atoms with Crippen molar-refractivity contribution < 1.29 is 14.3 Å². The number of aromatic nitrogens is 1. The van der Waals surface area contributed by atoms with Gasteiger partial charge >= 0.3 is 0 Å². The summed E-state index contributed by atoms with van der Waals surface area (Å²) in [5.74, 6) is 0.809. The monoisotopic (exact) mass is 360 g/mol. The van der Waals surface area contributed by atoms with E-state index in [0.717, 1.165) is 11.3 Å². The Morgan fingerprint density at radius 1 is 0.963 bits per heavy atom. The minimum atomic E-state index is -0.267. The van der Waals surface area contributed by atoms with E-state index < -0.39 is 0 Å². The Morgan fingerprint density at radius 2 is 1.85 bits per heavy atom. The molecule has 0 aliphatic rings. The van der Waals surface area contributed by atoms with Crippen molar-refractivity contribution in [2.75, 3.05) is 19.5 Å². The molecule has 1 aromatic heterocycles. The highest BCUT2D eigenvalue weighted by Crippen LogP contribution is 2.25. The zero-order valence-corrected chi connectivity index (χ0v) is 15.2. The molecule has 0 unspecified atom stereocenters. The molecule has 1 N–H and O–H groups in total. The number of amides is 1. The van der Waals surface area contributed by atoms with E-state index in [4.69, 9.17) is 9.47 Å². The molecule has 5 heteroatoms. The summed E-state index contributed by atoms with van der Waals surface area (Å²) in [5, 5.41) is 2.90. The second-order valence-corrected chi connectivity index (χ2v) is 5.73. The average Bonchev–Trinajstić information content (AvgIpc) is 2.72. The molecule has 136 valence electrons. The number of benzene rings is 2. The second-order valence-electron chi connectivity index (χ2n) is 5.73. The van der Waals surface area contributed by atoms with Gasteiger partial charge in [-0.1, -0.05) is 24.3 Å². The Hall–Kier alpha value is -3.60. The lowest BCUT2D eigenvalue weighted by Gasteiger charge is -2.11. The number of carbonyl (C=O) groups excluding carboxylic acids is 1. The highest BCUT2D eigenvalue weighted by atomic mass is 16.5. The molecule has 1 heterocycles. The minimum absolute atomic E-state index is 0.267. The predicted octanol–water partition coefficient (Wildman–Crippen LogP) is 4.52. The maximum absolute atomic E-state index is 12.7. The highest BCUT2D eigenvalue weighted by molar-refractivity contribution is 6.06. The summed E-state index contributed by atoms with van der Waals surface area (Å²) in [5.41, 5.74) is 2.92. The molecule has 3 aromatic rings. The number of rotatable bonds is 6. The normalized spacial score (nSPS) is 10.6. The molecule has 1 amide bonds. The fourth-order valence-corrected chi connectivity index (χ4v) is 2.57. The van der Waals surface area contributed by atoms with Crippen molar-refractivity contribution >= 4 is 23.7 Å². The molecule has 0 spiro atoms. The van der Waals surface area contributed by atoms with E-state index in [1.165, 1.54) is 7.11 Å². The maximum atomic E-state index is 12.7. The number of methoxy groups -OCH3 is 2. The molecule has 27 heavy (non-hydrogen) atoms. The van der Waals surface area contributed by atoms with Gasteiger partial charge in [0, 0.05) is 11.9 Å². The van der Waals surface area contributed by atoms with Crippen molar-refractivity contribution in [3.63, 3.8) is 0 Å². The van der Waals surface area contributed by atoms with Gasteiger partial charge in [0.1, 0.15) is 11.5 Å². The Labute approximate surface area is 158 Å². The average molecular weight is 360 g/mol. The summed E-state index contributed by atoms with van der Waals surface area (Å²) in [6.45, 7) is 0. The van der Waals surface area contributed by atoms with Crippen LogP contribution in [0.5, 0.6) is 11.5 Å². The van der Waals surface area contributed by atoms with Crippen molar-refractivity contribution in [2.24, 2.45) is 0 Å². The summed E-state index contributed by atoms with van der Waals surface area (Å²) < 4.78 is 10.5. The van der Waals surface area contributed by atoms with Crippen LogP contribution in [-0.4, -0.2) is 25.1 Å². The third kappa shape index (κ3) is 4.73. The first-order valence-corrected chi connectivity index (χ1v) is 8.42. The molecule has 0 bridgehead atoms. The van der Waals surface area contributed by atoms with Crippen LogP contribution >= 0.6 is 0 Å². The number of hydrogen-bond donors (Lipinski definition) is 1. The fourth-order valence-electron chi connectivity index (χ4n) is 2.57. The fraction of sp³-hybridized carbons (Fsp3) is 0.0909. The quantitative estimate of drug-likeness (QED) is 0.702.